The number of aromatic nitrogens is 3. The first-order valence-electron chi connectivity index (χ1n) is 9.47. The zero-order chi connectivity index (χ0) is 20.4. The van der Waals surface area contributed by atoms with Crippen LogP contribution in [0.15, 0.2) is 53.7 Å². The highest BCUT2D eigenvalue weighted by atomic mass is 16.2. The van der Waals surface area contributed by atoms with E-state index in [-0.39, 0.29) is 30.0 Å². The summed E-state index contributed by atoms with van der Waals surface area (Å²) in [5.41, 5.74) is 1.71. The molecule has 29 heavy (non-hydrogen) atoms. The van der Waals surface area contributed by atoms with Crippen LogP contribution in [0.2, 0.25) is 0 Å². The number of likely N-dealkylation sites (tertiary alicyclic amines) is 1. The summed E-state index contributed by atoms with van der Waals surface area (Å²) in [5, 5.41) is 3.40. The zero-order valence-electron chi connectivity index (χ0n) is 16.0. The summed E-state index contributed by atoms with van der Waals surface area (Å²) in [6, 6.07) is 10.5. The largest absolute Gasteiger partial charge is 0.350 e. The van der Waals surface area contributed by atoms with Gasteiger partial charge in [0.05, 0.1) is 17.2 Å². The van der Waals surface area contributed by atoms with Crippen LogP contribution in [-0.4, -0.2) is 50.4 Å². The lowest BCUT2D eigenvalue weighted by Gasteiger charge is -2.17. The normalized spacial score (nSPS) is 16.2. The number of amides is 2. The third kappa shape index (κ3) is 3.87. The lowest BCUT2D eigenvalue weighted by atomic mass is 10.1. The molecule has 2 amide bonds. The quantitative estimate of drug-likeness (QED) is 0.719. The molecule has 0 unspecified atom stereocenters. The molecule has 4 rings (SSSR count). The molecule has 1 aliphatic rings. The van der Waals surface area contributed by atoms with E-state index in [1.54, 1.807) is 41.4 Å². The van der Waals surface area contributed by atoms with E-state index in [1.165, 1.54) is 10.9 Å². The van der Waals surface area contributed by atoms with Crippen LogP contribution >= 0.6 is 0 Å². The molecule has 8 heteroatoms. The predicted octanol–water partition coefficient (Wildman–Crippen LogP) is 1.13. The van der Waals surface area contributed by atoms with Crippen LogP contribution < -0.4 is 10.9 Å². The monoisotopic (exact) mass is 391 g/mol. The van der Waals surface area contributed by atoms with Crippen LogP contribution in [0.5, 0.6) is 0 Å². The lowest BCUT2D eigenvalue weighted by molar-refractivity contribution is -0.122. The van der Waals surface area contributed by atoms with Crippen molar-refractivity contribution in [1.29, 1.82) is 0 Å². The summed E-state index contributed by atoms with van der Waals surface area (Å²) < 4.78 is 1.31. The van der Waals surface area contributed by atoms with Crippen molar-refractivity contribution < 1.29 is 9.59 Å². The van der Waals surface area contributed by atoms with Crippen LogP contribution in [0, 0.1) is 6.92 Å². The maximum atomic E-state index is 12.6. The SMILES string of the molecule is Cc1cccc2c(=O)n(CC(=O)N[C@@H]3CCN(C(=O)c4ccccn4)C3)cnc12. The van der Waals surface area contributed by atoms with E-state index in [0.29, 0.717) is 36.1 Å². The molecular formula is C21H21N5O3. The van der Waals surface area contributed by atoms with Crippen molar-refractivity contribution in [2.75, 3.05) is 13.1 Å². The molecule has 1 aliphatic heterocycles. The molecule has 0 saturated carbocycles. The van der Waals surface area contributed by atoms with Crippen LogP contribution in [0.1, 0.15) is 22.5 Å². The molecule has 1 aromatic carbocycles. The van der Waals surface area contributed by atoms with Gasteiger partial charge in [-0.1, -0.05) is 18.2 Å². The second-order valence-electron chi connectivity index (χ2n) is 7.17. The Morgan fingerprint density at radius 3 is 2.83 bits per heavy atom. The zero-order valence-corrected chi connectivity index (χ0v) is 16.0. The Labute approximate surface area is 167 Å². The number of nitrogens with zero attached hydrogens (tertiary/aromatic N) is 4. The Morgan fingerprint density at radius 1 is 1.17 bits per heavy atom. The molecule has 0 bridgehead atoms. The summed E-state index contributed by atoms with van der Waals surface area (Å²) >= 11 is 0. The van der Waals surface area contributed by atoms with E-state index in [2.05, 4.69) is 15.3 Å². The molecule has 2 aromatic heterocycles. The first kappa shape index (κ1) is 18.8. The third-order valence-electron chi connectivity index (χ3n) is 5.09. The number of rotatable bonds is 4. The highest BCUT2D eigenvalue weighted by molar-refractivity contribution is 5.92. The van der Waals surface area contributed by atoms with E-state index in [4.69, 9.17) is 0 Å². The number of carbonyl (C=O) groups is 2. The molecule has 1 N–H and O–H groups in total. The average molecular weight is 391 g/mol. The molecular weight excluding hydrogens is 370 g/mol. The van der Waals surface area contributed by atoms with Gasteiger partial charge in [0.1, 0.15) is 12.2 Å². The van der Waals surface area contributed by atoms with Gasteiger partial charge in [0.2, 0.25) is 5.91 Å². The fourth-order valence-electron chi connectivity index (χ4n) is 3.59. The number of nitrogens with one attached hydrogen (secondary N) is 1. The Hall–Kier alpha value is -3.55. The molecule has 0 aliphatic carbocycles. The number of fused-ring (bicyclic) bond motifs is 1. The van der Waals surface area contributed by atoms with Crippen molar-refractivity contribution in [1.82, 2.24) is 24.8 Å². The van der Waals surface area contributed by atoms with Gasteiger partial charge in [-0.05, 0) is 37.1 Å². The Morgan fingerprint density at radius 2 is 2.03 bits per heavy atom. The number of hydrogen-bond acceptors (Lipinski definition) is 5. The van der Waals surface area contributed by atoms with Crippen LogP contribution in [0.3, 0.4) is 0 Å². The molecule has 1 saturated heterocycles. The molecule has 0 radical (unpaired) electrons. The summed E-state index contributed by atoms with van der Waals surface area (Å²) in [4.78, 5) is 47.6. The van der Waals surface area contributed by atoms with Crippen LogP contribution in [-0.2, 0) is 11.3 Å². The smallest absolute Gasteiger partial charge is 0.272 e. The number of benzene rings is 1. The second-order valence-corrected chi connectivity index (χ2v) is 7.17. The van der Waals surface area contributed by atoms with Crippen LogP contribution in [0.25, 0.3) is 10.9 Å². The number of pyridine rings is 1. The number of hydrogen-bond donors (Lipinski definition) is 1. The number of aryl methyl sites for hydroxylation is 1. The minimum atomic E-state index is -0.280. The van der Waals surface area contributed by atoms with E-state index in [9.17, 15) is 14.4 Å². The van der Waals surface area contributed by atoms with Gasteiger partial charge in [-0.2, -0.15) is 0 Å². The van der Waals surface area contributed by atoms with Gasteiger partial charge in [-0.25, -0.2) is 4.98 Å². The Kier molecular flexibility index (Phi) is 5.07. The minimum Gasteiger partial charge on any atom is -0.350 e. The third-order valence-corrected chi connectivity index (χ3v) is 5.09. The van der Waals surface area contributed by atoms with Crippen molar-refractivity contribution >= 4 is 22.7 Å². The number of carbonyl (C=O) groups excluding carboxylic acids is 2. The van der Waals surface area contributed by atoms with Crippen LogP contribution in [0.4, 0.5) is 0 Å². The summed E-state index contributed by atoms with van der Waals surface area (Å²) in [7, 11) is 0. The minimum absolute atomic E-state index is 0.111. The molecule has 1 fully saturated rings. The topological polar surface area (TPSA) is 97.2 Å². The van der Waals surface area contributed by atoms with Crippen molar-refractivity contribution in [3.8, 4) is 0 Å². The van der Waals surface area contributed by atoms with E-state index in [0.717, 1.165) is 5.56 Å². The highest BCUT2D eigenvalue weighted by Gasteiger charge is 2.28. The van der Waals surface area contributed by atoms with Crippen molar-refractivity contribution in [2.45, 2.75) is 25.9 Å². The van der Waals surface area contributed by atoms with Crippen molar-refractivity contribution in [3.05, 3.63) is 70.5 Å². The first-order valence-corrected chi connectivity index (χ1v) is 9.47. The van der Waals surface area contributed by atoms with Crippen molar-refractivity contribution in [2.24, 2.45) is 0 Å². The Balaban J connectivity index is 1.40. The highest BCUT2D eigenvalue weighted by Crippen LogP contribution is 2.13. The van der Waals surface area contributed by atoms with E-state index >= 15 is 0 Å². The summed E-state index contributed by atoms with van der Waals surface area (Å²) in [6.07, 6.45) is 3.65. The van der Waals surface area contributed by atoms with Gasteiger partial charge in [-0.15, -0.1) is 0 Å². The predicted molar refractivity (Wildman–Crippen MR) is 107 cm³/mol. The molecule has 148 valence electrons. The van der Waals surface area contributed by atoms with E-state index < -0.39 is 0 Å². The maximum absolute atomic E-state index is 12.6. The second kappa shape index (κ2) is 7.83. The standard InChI is InChI=1S/C21H21N5O3/c1-14-5-4-6-16-19(14)23-13-26(20(16)28)12-18(27)24-15-8-10-25(11-15)21(29)17-7-2-3-9-22-17/h2-7,9,13,15H,8,10-12H2,1H3,(H,24,27)/t15-/m1/s1. The number of para-hydroxylation sites is 1. The molecule has 3 aromatic rings. The molecule has 8 nitrogen and oxygen atoms in total. The first-order chi connectivity index (χ1) is 14.0. The fourth-order valence-corrected chi connectivity index (χ4v) is 3.59. The average Bonchev–Trinajstić information content (AvgIpc) is 3.19. The van der Waals surface area contributed by atoms with Gasteiger partial charge >= 0.3 is 0 Å². The Bertz CT molecular complexity index is 1130. The lowest BCUT2D eigenvalue weighted by Crippen LogP contribution is -2.41. The van der Waals surface area contributed by atoms with Gasteiger partial charge in [-0.3, -0.25) is 23.9 Å². The van der Waals surface area contributed by atoms with Crippen molar-refractivity contribution in [3.63, 3.8) is 0 Å². The summed E-state index contributed by atoms with van der Waals surface area (Å²) in [6.45, 7) is 2.76. The maximum Gasteiger partial charge on any atom is 0.272 e. The molecule has 1 atom stereocenters. The van der Waals surface area contributed by atoms with Gasteiger partial charge in [0.15, 0.2) is 0 Å². The summed E-state index contributed by atoms with van der Waals surface area (Å²) in [5.74, 6) is -0.425. The molecule has 0 spiro atoms. The fraction of sp³-hybridized carbons (Fsp3) is 0.286. The van der Waals surface area contributed by atoms with Gasteiger partial charge in [0, 0.05) is 25.3 Å². The van der Waals surface area contributed by atoms with Gasteiger partial charge < -0.3 is 10.2 Å². The van der Waals surface area contributed by atoms with Gasteiger partial charge in [0.25, 0.3) is 11.5 Å². The van der Waals surface area contributed by atoms with E-state index in [1.807, 2.05) is 13.0 Å². The molecule has 3 heterocycles.